The van der Waals surface area contributed by atoms with E-state index in [1.807, 2.05) is 0 Å². The maximum absolute atomic E-state index is 13.1. The Kier molecular flexibility index (Phi) is 4.11. The summed E-state index contributed by atoms with van der Waals surface area (Å²) in [6, 6.07) is 8.85. The normalized spacial score (nSPS) is 10.3. The number of nitrogens with two attached hydrogens (primary N) is 1. The largest absolute Gasteiger partial charge is 0.389 e. The summed E-state index contributed by atoms with van der Waals surface area (Å²) in [6.07, 6.45) is 0. The summed E-state index contributed by atoms with van der Waals surface area (Å²) in [5, 5.41) is 2.96. The summed E-state index contributed by atoms with van der Waals surface area (Å²) < 4.78 is 26.8. The highest BCUT2D eigenvalue weighted by atomic mass is 79.9. The van der Waals surface area contributed by atoms with Crippen LogP contribution in [-0.2, 0) is 0 Å². The molecular formula is C13H9BrF2N2S. The first-order chi connectivity index (χ1) is 8.97. The fraction of sp³-hybridized carbons (Fsp3) is 0. The van der Waals surface area contributed by atoms with Gasteiger partial charge in [0.25, 0.3) is 0 Å². The zero-order valence-electron chi connectivity index (χ0n) is 9.58. The number of halogens is 3. The van der Waals surface area contributed by atoms with Crippen LogP contribution in [0.2, 0.25) is 0 Å². The first-order valence-electron chi connectivity index (χ1n) is 5.29. The average molecular weight is 343 g/mol. The molecular weight excluding hydrogens is 334 g/mol. The molecule has 2 nitrogen and oxygen atoms in total. The minimum absolute atomic E-state index is 0.220. The molecule has 0 aliphatic rings. The summed E-state index contributed by atoms with van der Waals surface area (Å²) in [5.74, 6) is -1.81. The molecule has 0 saturated heterocycles. The molecule has 0 spiro atoms. The average Bonchev–Trinajstić information content (AvgIpc) is 2.33. The molecule has 0 saturated carbocycles. The summed E-state index contributed by atoms with van der Waals surface area (Å²) in [4.78, 5) is 0.220. The highest BCUT2D eigenvalue weighted by Gasteiger charge is 2.08. The molecule has 6 heteroatoms. The molecule has 2 aromatic rings. The minimum atomic E-state index is -0.920. The summed E-state index contributed by atoms with van der Waals surface area (Å²) in [5.41, 5.74) is 7.27. The maximum Gasteiger partial charge on any atom is 0.160 e. The number of hydrogen-bond acceptors (Lipinski definition) is 2. The van der Waals surface area contributed by atoms with E-state index in [9.17, 15) is 8.78 Å². The number of rotatable bonds is 3. The van der Waals surface area contributed by atoms with Crippen molar-refractivity contribution in [3.8, 4) is 0 Å². The number of nitrogens with one attached hydrogen (secondary N) is 1. The second-order valence-electron chi connectivity index (χ2n) is 3.81. The van der Waals surface area contributed by atoms with Gasteiger partial charge in [0, 0.05) is 27.5 Å². The minimum Gasteiger partial charge on any atom is -0.389 e. The second-order valence-corrected chi connectivity index (χ2v) is 5.16. The van der Waals surface area contributed by atoms with Crippen LogP contribution in [-0.4, -0.2) is 4.99 Å². The molecule has 0 unspecified atom stereocenters. The monoisotopic (exact) mass is 342 g/mol. The van der Waals surface area contributed by atoms with Crippen molar-refractivity contribution in [2.24, 2.45) is 5.73 Å². The first kappa shape index (κ1) is 13.9. The summed E-state index contributed by atoms with van der Waals surface area (Å²) in [6.45, 7) is 0. The molecule has 2 aromatic carbocycles. The lowest BCUT2D eigenvalue weighted by molar-refractivity contribution is 0.509. The molecule has 19 heavy (non-hydrogen) atoms. The van der Waals surface area contributed by atoms with Gasteiger partial charge in [0.05, 0.1) is 0 Å². The highest BCUT2D eigenvalue weighted by molar-refractivity contribution is 9.10. The quantitative estimate of drug-likeness (QED) is 0.824. The zero-order valence-corrected chi connectivity index (χ0v) is 12.0. The second kappa shape index (κ2) is 5.63. The Morgan fingerprint density at radius 2 is 1.84 bits per heavy atom. The Bertz CT molecular complexity index is 647. The maximum atomic E-state index is 13.1. The van der Waals surface area contributed by atoms with Crippen LogP contribution in [0.4, 0.5) is 20.2 Å². The van der Waals surface area contributed by atoms with E-state index in [4.69, 9.17) is 18.0 Å². The van der Waals surface area contributed by atoms with E-state index < -0.39 is 11.6 Å². The lowest BCUT2D eigenvalue weighted by Crippen LogP contribution is -2.11. The van der Waals surface area contributed by atoms with E-state index >= 15 is 0 Å². The van der Waals surface area contributed by atoms with Gasteiger partial charge in [-0.05, 0) is 30.3 Å². The van der Waals surface area contributed by atoms with Crippen molar-refractivity contribution in [2.45, 2.75) is 0 Å². The summed E-state index contributed by atoms with van der Waals surface area (Å²) >= 11 is 8.27. The van der Waals surface area contributed by atoms with Crippen LogP contribution in [0.3, 0.4) is 0 Å². The topological polar surface area (TPSA) is 38.0 Å². The molecule has 0 amide bonds. The van der Waals surface area contributed by atoms with Gasteiger partial charge in [-0.2, -0.15) is 0 Å². The Hall–Kier alpha value is -1.53. The van der Waals surface area contributed by atoms with Gasteiger partial charge < -0.3 is 11.1 Å². The van der Waals surface area contributed by atoms with Gasteiger partial charge >= 0.3 is 0 Å². The Morgan fingerprint density at radius 1 is 1.11 bits per heavy atom. The molecule has 0 heterocycles. The molecule has 0 bridgehead atoms. The number of anilines is 2. The fourth-order valence-electron chi connectivity index (χ4n) is 1.56. The molecule has 0 radical (unpaired) electrons. The van der Waals surface area contributed by atoms with Gasteiger partial charge in [0.15, 0.2) is 11.6 Å². The zero-order chi connectivity index (χ0) is 14.0. The predicted molar refractivity (Wildman–Crippen MR) is 79.7 cm³/mol. The smallest absolute Gasteiger partial charge is 0.160 e. The molecule has 98 valence electrons. The standard InChI is InChI=1S/C13H9BrF2N2S/c14-7-1-3-9(13(17)19)12(5-7)18-8-2-4-10(15)11(16)6-8/h1-6,18H,(H2,17,19). The van der Waals surface area contributed by atoms with E-state index in [0.29, 0.717) is 16.9 Å². The lowest BCUT2D eigenvalue weighted by atomic mass is 10.1. The Labute approximate surface area is 122 Å². The van der Waals surface area contributed by atoms with Crippen molar-refractivity contribution >= 4 is 44.5 Å². The van der Waals surface area contributed by atoms with Crippen LogP contribution >= 0.6 is 28.1 Å². The van der Waals surface area contributed by atoms with E-state index in [2.05, 4.69) is 21.2 Å². The van der Waals surface area contributed by atoms with Crippen LogP contribution in [0.15, 0.2) is 40.9 Å². The SMILES string of the molecule is NC(=S)c1ccc(Br)cc1Nc1ccc(F)c(F)c1. The number of hydrogen-bond donors (Lipinski definition) is 2. The number of thiocarbonyl (C=S) groups is 1. The molecule has 0 atom stereocenters. The van der Waals surface area contributed by atoms with Gasteiger partial charge in [-0.25, -0.2) is 8.78 Å². The van der Waals surface area contributed by atoms with E-state index in [0.717, 1.165) is 16.6 Å². The Morgan fingerprint density at radius 3 is 2.47 bits per heavy atom. The third kappa shape index (κ3) is 3.27. The summed E-state index contributed by atoms with van der Waals surface area (Å²) in [7, 11) is 0. The van der Waals surface area contributed by atoms with Gasteiger partial charge in [-0.3, -0.25) is 0 Å². The van der Waals surface area contributed by atoms with Gasteiger partial charge in [0.1, 0.15) is 4.99 Å². The van der Waals surface area contributed by atoms with Crippen LogP contribution in [0.25, 0.3) is 0 Å². The molecule has 3 N–H and O–H groups in total. The molecule has 0 aromatic heterocycles. The van der Waals surface area contributed by atoms with Gasteiger partial charge in [0.2, 0.25) is 0 Å². The highest BCUT2D eigenvalue weighted by Crippen LogP contribution is 2.25. The Balaban J connectivity index is 2.39. The molecule has 0 aliphatic heterocycles. The van der Waals surface area contributed by atoms with Gasteiger partial charge in [-0.1, -0.05) is 28.1 Å². The van der Waals surface area contributed by atoms with Crippen LogP contribution in [0, 0.1) is 11.6 Å². The predicted octanol–water partition coefficient (Wildman–Crippen LogP) is 4.11. The number of benzene rings is 2. The lowest BCUT2D eigenvalue weighted by Gasteiger charge is -2.12. The molecule has 0 aliphatic carbocycles. The fourth-order valence-corrected chi connectivity index (χ4v) is 2.10. The third-order valence-corrected chi connectivity index (χ3v) is 3.16. The van der Waals surface area contributed by atoms with Crippen LogP contribution in [0.5, 0.6) is 0 Å². The van der Waals surface area contributed by atoms with Crippen molar-refractivity contribution in [3.63, 3.8) is 0 Å². The van der Waals surface area contributed by atoms with Crippen molar-refractivity contribution in [1.29, 1.82) is 0 Å². The van der Waals surface area contributed by atoms with E-state index in [1.165, 1.54) is 6.07 Å². The molecule has 0 fully saturated rings. The van der Waals surface area contributed by atoms with Crippen molar-refractivity contribution in [2.75, 3.05) is 5.32 Å². The van der Waals surface area contributed by atoms with Crippen molar-refractivity contribution in [1.82, 2.24) is 0 Å². The van der Waals surface area contributed by atoms with Crippen molar-refractivity contribution < 1.29 is 8.78 Å². The van der Waals surface area contributed by atoms with E-state index in [1.54, 1.807) is 18.2 Å². The molecule has 2 rings (SSSR count). The third-order valence-electron chi connectivity index (χ3n) is 2.45. The van der Waals surface area contributed by atoms with E-state index in [-0.39, 0.29) is 4.99 Å². The first-order valence-corrected chi connectivity index (χ1v) is 6.49. The van der Waals surface area contributed by atoms with Crippen LogP contribution in [0.1, 0.15) is 5.56 Å². The van der Waals surface area contributed by atoms with Gasteiger partial charge in [-0.15, -0.1) is 0 Å². The van der Waals surface area contributed by atoms with Crippen molar-refractivity contribution in [3.05, 3.63) is 58.1 Å². The van der Waals surface area contributed by atoms with Crippen LogP contribution < -0.4 is 11.1 Å².